The zero-order valence-electron chi connectivity index (χ0n) is 18.1. The lowest BCUT2D eigenvalue weighted by molar-refractivity contribution is 0.0547. The molecule has 9 heteroatoms. The van der Waals surface area contributed by atoms with E-state index in [2.05, 4.69) is 56.9 Å². The van der Waals surface area contributed by atoms with Gasteiger partial charge in [-0.2, -0.15) is 15.0 Å². The molecule has 9 nitrogen and oxygen atoms in total. The molecule has 1 aromatic carbocycles. The second-order valence-electron chi connectivity index (χ2n) is 6.74. The van der Waals surface area contributed by atoms with Gasteiger partial charge in [-0.25, -0.2) is 0 Å². The second-order valence-corrected chi connectivity index (χ2v) is 6.74. The molecule has 2 aromatic rings. The van der Waals surface area contributed by atoms with Gasteiger partial charge in [-0.05, 0) is 18.4 Å². The number of aromatic nitrogens is 3. The Morgan fingerprint density at radius 1 is 0.833 bits per heavy atom. The monoisotopic (exact) mass is 417 g/mol. The first-order valence-corrected chi connectivity index (χ1v) is 10.6. The van der Waals surface area contributed by atoms with Gasteiger partial charge in [0.15, 0.2) is 0 Å². The summed E-state index contributed by atoms with van der Waals surface area (Å²) in [5, 5.41) is 9.88. The lowest BCUT2D eigenvalue weighted by Crippen LogP contribution is -2.21. The molecule has 0 fully saturated rings. The lowest BCUT2D eigenvalue weighted by Gasteiger charge is -2.16. The van der Waals surface area contributed by atoms with Crippen LogP contribution in [-0.4, -0.2) is 60.5 Å². The summed E-state index contributed by atoms with van der Waals surface area (Å²) in [5.74, 6) is 1.60. The maximum Gasteiger partial charge on any atom is 0.229 e. The molecule has 30 heavy (non-hydrogen) atoms. The van der Waals surface area contributed by atoms with Crippen LogP contribution in [0.5, 0.6) is 0 Å². The van der Waals surface area contributed by atoms with Crippen molar-refractivity contribution in [2.75, 3.05) is 55.5 Å². The van der Waals surface area contributed by atoms with Crippen LogP contribution < -0.4 is 21.7 Å². The van der Waals surface area contributed by atoms with E-state index in [1.807, 2.05) is 18.2 Å². The van der Waals surface area contributed by atoms with Crippen LogP contribution in [0.3, 0.4) is 0 Å². The first-order valence-electron chi connectivity index (χ1n) is 10.6. The van der Waals surface area contributed by atoms with Crippen molar-refractivity contribution in [2.45, 2.75) is 39.3 Å². The molecule has 166 valence electrons. The highest BCUT2D eigenvalue weighted by Gasteiger charge is 2.10. The van der Waals surface area contributed by atoms with Gasteiger partial charge >= 0.3 is 0 Å². The van der Waals surface area contributed by atoms with Gasteiger partial charge in [-0.15, -0.1) is 0 Å². The van der Waals surface area contributed by atoms with E-state index in [1.165, 1.54) is 0 Å². The molecule has 0 saturated heterocycles. The molecule has 0 aliphatic carbocycles. The number of nitrogens with one attached hydrogen (secondary N) is 3. The fourth-order valence-electron chi connectivity index (χ4n) is 2.69. The van der Waals surface area contributed by atoms with E-state index < -0.39 is 0 Å². The molecule has 0 spiro atoms. The van der Waals surface area contributed by atoms with Crippen molar-refractivity contribution in [3.05, 3.63) is 35.9 Å². The molecule has 0 atom stereocenters. The van der Waals surface area contributed by atoms with Crippen molar-refractivity contribution in [1.82, 2.24) is 15.0 Å². The highest BCUT2D eigenvalue weighted by Crippen LogP contribution is 2.13. The first kappa shape index (κ1) is 23.8. The molecule has 1 heterocycles. The quantitative estimate of drug-likeness (QED) is 0.305. The number of anilines is 3. The number of hydrogen-bond donors (Lipinski definition) is 4. The third-order valence-electron chi connectivity index (χ3n) is 4.41. The van der Waals surface area contributed by atoms with E-state index in [0.717, 1.165) is 18.4 Å². The van der Waals surface area contributed by atoms with Crippen LogP contribution in [0.1, 0.15) is 32.3 Å². The Morgan fingerprint density at radius 2 is 1.47 bits per heavy atom. The van der Waals surface area contributed by atoms with Crippen molar-refractivity contribution in [3.8, 4) is 0 Å². The maximum atomic E-state index is 5.54. The fourth-order valence-corrected chi connectivity index (χ4v) is 2.69. The zero-order valence-corrected chi connectivity index (χ0v) is 18.1. The number of benzene rings is 1. The molecule has 0 unspecified atom stereocenters. The average Bonchev–Trinajstić information content (AvgIpc) is 2.78. The van der Waals surface area contributed by atoms with E-state index in [4.69, 9.17) is 15.2 Å². The predicted molar refractivity (Wildman–Crippen MR) is 121 cm³/mol. The molecule has 0 radical (unpaired) electrons. The maximum absolute atomic E-state index is 5.54. The molecule has 0 bridgehead atoms. The van der Waals surface area contributed by atoms with Gasteiger partial charge in [-0.1, -0.05) is 44.2 Å². The minimum Gasteiger partial charge on any atom is -0.378 e. The van der Waals surface area contributed by atoms with Gasteiger partial charge in [0.25, 0.3) is 0 Å². The Balaban J connectivity index is 1.91. The summed E-state index contributed by atoms with van der Waals surface area (Å²) in [6.07, 6.45) is 2.00. The van der Waals surface area contributed by atoms with Crippen LogP contribution in [0, 0.1) is 0 Å². The number of hydrogen-bond acceptors (Lipinski definition) is 9. The van der Waals surface area contributed by atoms with Crippen molar-refractivity contribution in [3.63, 3.8) is 0 Å². The highest BCUT2D eigenvalue weighted by molar-refractivity contribution is 5.43. The predicted octanol–water partition coefficient (Wildman–Crippen LogP) is 2.49. The van der Waals surface area contributed by atoms with Crippen molar-refractivity contribution in [1.29, 1.82) is 0 Å². The molecule has 0 saturated carbocycles. The lowest BCUT2D eigenvalue weighted by atomic mass is 10.2. The molecular weight excluding hydrogens is 382 g/mol. The summed E-state index contributed by atoms with van der Waals surface area (Å²) < 4.78 is 10.8. The largest absolute Gasteiger partial charge is 0.378 e. The van der Waals surface area contributed by atoms with Crippen LogP contribution in [0.4, 0.5) is 17.8 Å². The van der Waals surface area contributed by atoms with Gasteiger partial charge in [0.2, 0.25) is 17.8 Å². The summed E-state index contributed by atoms with van der Waals surface area (Å²) in [6.45, 7) is 8.19. The van der Waals surface area contributed by atoms with E-state index in [0.29, 0.717) is 69.9 Å². The molecule has 0 amide bonds. The molecule has 5 N–H and O–H groups in total. The van der Waals surface area contributed by atoms with Crippen LogP contribution in [-0.2, 0) is 16.0 Å². The first-order chi connectivity index (χ1) is 14.7. The van der Waals surface area contributed by atoms with Crippen LogP contribution >= 0.6 is 0 Å². The summed E-state index contributed by atoms with van der Waals surface area (Å²) >= 11 is 0. The summed E-state index contributed by atoms with van der Waals surface area (Å²) in [4.78, 5) is 13.5. The fraction of sp³-hybridized carbons (Fsp3) is 0.571. The van der Waals surface area contributed by atoms with Gasteiger partial charge in [0, 0.05) is 25.7 Å². The Labute approximate surface area is 179 Å². The zero-order chi connectivity index (χ0) is 21.4. The molecule has 2 rings (SSSR count). The topological polar surface area (TPSA) is 119 Å². The standard InChI is InChI=1S/C21H35N7O2/c1-3-18(4-2)25-21-27-19(23-11-13-30-15-14-29-12-10-22)26-20(28-21)24-16-17-8-6-5-7-9-17/h5-9,18H,3-4,10-16,22H2,1-2H3,(H3,23,24,25,26,27,28). The summed E-state index contributed by atoms with van der Waals surface area (Å²) in [7, 11) is 0. The Hall–Kier alpha value is -2.49. The third-order valence-corrected chi connectivity index (χ3v) is 4.41. The van der Waals surface area contributed by atoms with Gasteiger partial charge in [0.1, 0.15) is 0 Å². The van der Waals surface area contributed by atoms with E-state index >= 15 is 0 Å². The second kappa shape index (κ2) is 14.5. The third kappa shape index (κ3) is 9.34. The number of nitrogens with two attached hydrogens (primary N) is 1. The van der Waals surface area contributed by atoms with Gasteiger partial charge in [0.05, 0.1) is 26.4 Å². The molecule has 1 aromatic heterocycles. The summed E-state index contributed by atoms with van der Waals surface area (Å²) in [6, 6.07) is 10.5. The number of ether oxygens (including phenoxy) is 2. The van der Waals surface area contributed by atoms with Crippen molar-refractivity contribution in [2.24, 2.45) is 5.73 Å². The smallest absolute Gasteiger partial charge is 0.229 e. The molecule has 0 aliphatic rings. The normalized spacial score (nSPS) is 10.9. The number of nitrogens with zero attached hydrogens (tertiary/aromatic N) is 3. The van der Waals surface area contributed by atoms with Crippen molar-refractivity contribution < 1.29 is 9.47 Å². The van der Waals surface area contributed by atoms with E-state index in [-0.39, 0.29) is 0 Å². The van der Waals surface area contributed by atoms with E-state index in [1.54, 1.807) is 0 Å². The minimum atomic E-state index is 0.319. The van der Waals surface area contributed by atoms with Crippen LogP contribution in [0.2, 0.25) is 0 Å². The molecular formula is C21H35N7O2. The SMILES string of the molecule is CCC(CC)Nc1nc(NCCOCCOCCN)nc(NCc2ccccc2)n1. The van der Waals surface area contributed by atoms with Gasteiger partial charge in [-0.3, -0.25) is 0 Å². The van der Waals surface area contributed by atoms with Crippen LogP contribution in [0.15, 0.2) is 30.3 Å². The van der Waals surface area contributed by atoms with E-state index in [9.17, 15) is 0 Å². The number of rotatable bonds is 16. The highest BCUT2D eigenvalue weighted by atomic mass is 16.5. The van der Waals surface area contributed by atoms with Crippen LogP contribution in [0.25, 0.3) is 0 Å². The Bertz CT molecular complexity index is 699. The van der Waals surface area contributed by atoms with Gasteiger partial charge < -0.3 is 31.2 Å². The molecule has 0 aliphatic heterocycles. The van der Waals surface area contributed by atoms with Crippen molar-refractivity contribution >= 4 is 17.8 Å². The summed E-state index contributed by atoms with van der Waals surface area (Å²) in [5.41, 5.74) is 6.54. The Morgan fingerprint density at radius 3 is 2.13 bits per heavy atom. The minimum absolute atomic E-state index is 0.319. The average molecular weight is 418 g/mol. The Kier molecular flexibility index (Phi) is 11.5.